The van der Waals surface area contributed by atoms with Gasteiger partial charge in [0.1, 0.15) is 17.2 Å². The van der Waals surface area contributed by atoms with E-state index in [4.69, 9.17) is 4.74 Å². The molecule has 0 radical (unpaired) electrons. The van der Waals surface area contributed by atoms with Crippen molar-refractivity contribution >= 4 is 6.09 Å². The molecule has 172 valence electrons. The smallest absolute Gasteiger partial charge is 0.411 e. The number of halogens is 2. The van der Waals surface area contributed by atoms with Crippen LogP contribution in [-0.2, 0) is 10.3 Å². The summed E-state index contributed by atoms with van der Waals surface area (Å²) >= 11 is 0. The third-order valence-electron chi connectivity index (χ3n) is 6.42. The second-order valence-electron chi connectivity index (χ2n) is 8.44. The van der Waals surface area contributed by atoms with Gasteiger partial charge in [-0.15, -0.1) is 0 Å². The Morgan fingerprint density at radius 3 is 2.03 bits per heavy atom. The summed E-state index contributed by atoms with van der Waals surface area (Å²) in [5, 5.41) is 9.35. The van der Waals surface area contributed by atoms with E-state index in [1.807, 2.05) is 31.2 Å². The Hall–Kier alpha value is -3.25. The molecule has 1 fully saturated rings. The highest BCUT2D eigenvalue weighted by Gasteiger charge is 2.43. The van der Waals surface area contributed by atoms with E-state index in [1.54, 1.807) is 29.2 Å². The summed E-state index contributed by atoms with van der Waals surface area (Å²) in [7, 11) is 0. The minimum atomic E-state index is -0.879. The molecule has 4 rings (SSSR count). The standard InChI is InChI=1S/C27H27F2NO3/c1-19(20-3-5-21(6-4-20)22-7-11-24(28)12-8-22)30-17-16-27(15-2-18-31,33-26(30)32)23-9-13-25(29)14-10-23/h3-14,19,31H,2,15-18H2,1H3. The van der Waals surface area contributed by atoms with E-state index in [0.29, 0.717) is 25.8 Å². The van der Waals surface area contributed by atoms with Gasteiger partial charge in [0.25, 0.3) is 0 Å². The highest BCUT2D eigenvalue weighted by molar-refractivity contribution is 5.70. The Morgan fingerprint density at radius 1 is 0.939 bits per heavy atom. The summed E-state index contributed by atoms with van der Waals surface area (Å²) in [6.07, 6.45) is 1.06. The Kier molecular flexibility index (Phi) is 6.75. The average Bonchev–Trinajstić information content (AvgIpc) is 2.83. The van der Waals surface area contributed by atoms with Crippen molar-refractivity contribution in [1.82, 2.24) is 4.90 Å². The van der Waals surface area contributed by atoms with Gasteiger partial charge in [0.15, 0.2) is 0 Å². The number of hydrogen-bond donors (Lipinski definition) is 1. The van der Waals surface area contributed by atoms with Crippen LogP contribution in [-0.4, -0.2) is 29.3 Å². The quantitative estimate of drug-likeness (QED) is 0.465. The van der Waals surface area contributed by atoms with Gasteiger partial charge in [-0.1, -0.05) is 48.5 Å². The van der Waals surface area contributed by atoms with Crippen LogP contribution in [0.25, 0.3) is 11.1 Å². The van der Waals surface area contributed by atoms with Crippen molar-refractivity contribution in [3.63, 3.8) is 0 Å². The number of carbonyl (C=O) groups is 1. The van der Waals surface area contributed by atoms with Crippen molar-refractivity contribution in [1.29, 1.82) is 0 Å². The summed E-state index contributed by atoms with van der Waals surface area (Å²) in [4.78, 5) is 14.8. The van der Waals surface area contributed by atoms with Crippen molar-refractivity contribution < 1.29 is 23.4 Å². The van der Waals surface area contributed by atoms with Crippen molar-refractivity contribution in [2.75, 3.05) is 13.2 Å². The van der Waals surface area contributed by atoms with Gasteiger partial charge in [0.2, 0.25) is 0 Å². The predicted octanol–water partition coefficient (Wildman–Crippen LogP) is 6.20. The number of benzene rings is 3. The van der Waals surface area contributed by atoms with Crippen LogP contribution in [0.4, 0.5) is 13.6 Å². The molecule has 1 heterocycles. The number of hydrogen-bond acceptors (Lipinski definition) is 3. The molecule has 0 aromatic heterocycles. The average molecular weight is 452 g/mol. The molecule has 2 unspecified atom stereocenters. The molecule has 0 saturated carbocycles. The van der Waals surface area contributed by atoms with Gasteiger partial charge in [-0.2, -0.15) is 0 Å². The largest absolute Gasteiger partial charge is 0.438 e. The lowest BCUT2D eigenvalue weighted by Gasteiger charge is -2.43. The minimum Gasteiger partial charge on any atom is -0.438 e. The van der Waals surface area contributed by atoms with Gasteiger partial charge in [0, 0.05) is 19.6 Å². The third-order valence-corrected chi connectivity index (χ3v) is 6.42. The SMILES string of the molecule is CC(c1ccc(-c2ccc(F)cc2)cc1)N1CCC(CCCO)(c2ccc(F)cc2)OC1=O. The molecule has 1 aliphatic rings. The molecular weight excluding hydrogens is 424 g/mol. The van der Waals surface area contributed by atoms with E-state index in [9.17, 15) is 18.7 Å². The predicted molar refractivity (Wildman–Crippen MR) is 122 cm³/mol. The van der Waals surface area contributed by atoms with Crippen LogP contribution < -0.4 is 0 Å². The fraction of sp³-hybridized carbons (Fsp3) is 0.296. The van der Waals surface area contributed by atoms with Crippen molar-refractivity contribution in [2.24, 2.45) is 0 Å². The van der Waals surface area contributed by atoms with Crippen LogP contribution in [0.3, 0.4) is 0 Å². The first-order valence-corrected chi connectivity index (χ1v) is 11.1. The molecule has 0 spiro atoms. The maximum Gasteiger partial charge on any atom is 0.411 e. The molecule has 2 atom stereocenters. The van der Waals surface area contributed by atoms with Gasteiger partial charge >= 0.3 is 6.09 Å². The molecule has 0 bridgehead atoms. The maximum absolute atomic E-state index is 13.4. The van der Waals surface area contributed by atoms with Crippen LogP contribution in [0.5, 0.6) is 0 Å². The van der Waals surface area contributed by atoms with Gasteiger partial charge in [-0.25, -0.2) is 13.6 Å². The first kappa shape index (κ1) is 22.9. The van der Waals surface area contributed by atoms with E-state index < -0.39 is 11.7 Å². The van der Waals surface area contributed by atoms with E-state index in [2.05, 4.69) is 0 Å². The van der Waals surface area contributed by atoms with Crippen LogP contribution in [0, 0.1) is 11.6 Å². The number of rotatable bonds is 7. The second kappa shape index (κ2) is 9.71. The molecule has 1 N–H and O–H groups in total. The van der Waals surface area contributed by atoms with Crippen LogP contribution in [0.15, 0.2) is 72.8 Å². The van der Waals surface area contributed by atoms with Gasteiger partial charge in [-0.3, -0.25) is 0 Å². The van der Waals surface area contributed by atoms with Crippen molar-refractivity contribution in [3.05, 3.63) is 95.6 Å². The van der Waals surface area contributed by atoms with Crippen LogP contribution in [0.2, 0.25) is 0 Å². The number of nitrogens with zero attached hydrogens (tertiary/aromatic N) is 1. The molecule has 1 amide bonds. The molecule has 0 aliphatic carbocycles. The second-order valence-corrected chi connectivity index (χ2v) is 8.44. The lowest BCUT2D eigenvalue weighted by molar-refractivity contribution is -0.0680. The topological polar surface area (TPSA) is 49.8 Å². The first-order valence-electron chi connectivity index (χ1n) is 11.1. The zero-order valence-electron chi connectivity index (χ0n) is 18.5. The highest BCUT2D eigenvalue weighted by atomic mass is 19.1. The maximum atomic E-state index is 13.4. The minimum absolute atomic E-state index is 0.0129. The van der Waals surface area contributed by atoms with E-state index in [0.717, 1.165) is 22.3 Å². The summed E-state index contributed by atoms with van der Waals surface area (Å²) in [6.45, 7) is 2.41. The normalized spacial score (nSPS) is 19.3. The van der Waals surface area contributed by atoms with E-state index in [-0.39, 0.29) is 24.3 Å². The summed E-state index contributed by atoms with van der Waals surface area (Å²) in [5.41, 5.74) is 2.70. The first-order chi connectivity index (χ1) is 15.9. The zero-order valence-corrected chi connectivity index (χ0v) is 18.5. The lowest BCUT2D eigenvalue weighted by atomic mass is 9.84. The summed E-state index contributed by atoms with van der Waals surface area (Å²) in [6, 6.07) is 20.0. The molecule has 3 aromatic rings. The summed E-state index contributed by atoms with van der Waals surface area (Å²) < 4.78 is 32.6. The molecule has 3 aromatic carbocycles. The number of carbonyl (C=O) groups excluding carboxylic acids is 1. The number of cyclic esters (lactones) is 1. The Bertz CT molecular complexity index is 1080. The molecular formula is C27H27F2NO3. The number of aliphatic hydroxyl groups excluding tert-OH is 1. The Morgan fingerprint density at radius 2 is 1.48 bits per heavy atom. The van der Waals surface area contributed by atoms with Crippen LogP contribution in [0.1, 0.15) is 43.4 Å². The molecule has 1 aliphatic heterocycles. The molecule has 1 saturated heterocycles. The fourth-order valence-electron chi connectivity index (χ4n) is 4.44. The van der Waals surface area contributed by atoms with E-state index in [1.165, 1.54) is 24.3 Å². The number of amides is 1. The fourth-order valence-corrected chi connectivity index (χ4v) is 4.44. The number of aliphatic hydroxyl groups is 1. The Labute approximate surface area is 192 Å². The van der Waals surface area contributed by atoms with Gasteiger partial charge in [0.05, 0.1) is 6.04 Å². The van der Waals surface area contributed by atoms with Gasteiger partial charge < -0.3 is 14.7 Å². The molecule has 4 nitrogen and oxygen atoms in total. The number of ether oxygens (including phenoxy) is 1. The molecule has 33 heavy (non-hydrogen) atoms. The molecule has 6 heteroatoms. The van der Waals surface area contributed by atoms with Crippen molar-refractivity contribution in [3.8, 4) is 11.1 Å². The van der Waals surface area contributed by atoms with Gasteiger partial charge in [-0.05, 0) is 66.3 Å². The lowest BCUT2D eigenvalue weighted by Crippen LogP contribution is -2.48. The Balaban J connectivity index is 1.50. The summed E-state index contributed by atoms with van der Waals surface area (Å²) in [5.74, 6) is -0.624. The monoisotopic (exact) mass is 451 g/mol. The zero-order chi connectivity index (χ0) is 23.4. The third kappa shape index (κ3) is 4.91. The highest BCUT2D eigenvalue weighted by Crippen LogP contribution is 2.40. The van der Waals surface area contributed by atoms with Crippen LogP contribution >= 0.6 is 0 Å². The van der Waals surface area contributed by atoms with E-state index >= 15 is 0 Å². The van der Waals surface area contributed by atoms with Crippen molar-refractivity contribution in [2.45, 2.75) is 37.8 Å².